The number of carbonyl (C=O) groups is 1. The third-order valence-electron chi connectivity index (χ3n) is 1.82. The molecule has 1 aromatic rings. The van der Waals surface area contributed by atoms with Crippen molar-refractivity contribution in [2.45, 2.75) is 13.8 Å². The molecule has 4 heteroatoms. The molecule has 0 aromatic heterocycles. The molecule has 0 spiro atoms. The molecule has 0 unspecified atom stereocenters. The summed E-state index contributed by atoms with van der Waals surface area (Å²) in [5, 5.41) is 8.85. The fourth-order valence-electron chi connectivity index (χ4n) is 1.21. The van der Waals surface area contributed by atoms with Crippen LogP contribution < -0.4 is 4.74 Å². The zero-order chi connectivity index (χ0) is 10.7. The lowest BCUT2D eigenvalue weighted by atomic mass is 10.1. The number of rotatable bonds is 3. The van der Waals surface area contributed by atoms with Crippen molar-refractivity contribution in [3.63, 3.8) is 0 Å². The number of carboxylic acid groups (broad SMARTS) is 1. The first-order chi connectivity index (χ1) is 6.57. The van der Waals surface area contributed by atoms with Crippen molar-refractivity contribution in [2.24, 2.45) is 0 Å². The summed E-state index contributed by atoms with van der Waals surface area (Å²) in [5.41, 5.74) is 0.384. The smallest absolute Gasteiger partial charge is 0.339 e. The summed E-state index contributed by atoms with van der Waals surface area (Å²) in [6.45, 7) is 3.51. The molecule has 3 nitrogen and oxygen atoms in total. The van der Waals surface area contributed by atoms with E-state index in [-0.39, 0.29) is 17.9 Å². The van der Waals surface area contributed by atoms with Crippen LogP contribution in [0.25, 0.3) is 0 Å². The van der Waals surface area contributed by atoms with E-state index < -0.39 is 11.8 Å². The summed E-state index contributed by atoms with van der Waals surface area (Å²) in [7, 11) is 0. The molecule has 0 aliphatic carbocycles. The Hall–Kier alpha value is -1.58. The zero-order valence-electron chi connectivity index (χ0n) is 8.00. The van der Waals surface area contributed by atoms with Gasteiger partial charge in [0.1, 0.15) is 5.56 Å². The first-order valence-corrected chi connectivity index (χ1v) is 4.23. The van der Waals surface area contributed by atoms with Gasteiger partial charge in [-0.05, 0) is 25.5 Å². The quantitative estimate of drug-likeness (QED) is 0.810. The highest BCUT2D eigenvalue weighted by molar-refractivity contribution is 5.92. The number of aromatic carboxylic acids is 1. The fraction of sp³-hybridized carbons (Fsp3) is 0.300. The molecule has 0 radical (unpaired) electrons. The molecule has 0 saturated heterocycles. The predicted octanol–water partition coefficient (Wildman–Crippen LogP) is 2.23. The Morgan fingerprint density at radius 3 is 2.71 bits per heavy atom. The van der Waals surface area contributed by atoms with E-state index in [1.54, 1.807) is 13.8 Å². The van der Waals surface area contributed by atoms with Gasteiger partial charge in [-0.3, -0.25) is 0 Å². The Morgan fingerprint density at radius 1 is 1.57 bits per heavy atom. The number of ether oxygens (including phenoxy) is 1. The van der Waals surface area contributed by atoms with Crippen LogP contribution in [-0.4, -0.2) is 17.7 Å². The molecule has 0 amide bonds. The number of hydrogen-bond donors (Lipinski definition) is 1. The van der Waals surface area contributed by atoms with Gasteiger partial charge >= 0.3 is 5.97 Å². The Bertz CT molecular complexity index is 361. The monoisotopic (exact) mass is 198 g/mol. The average Bonchev–Trinajstić information content (AvgIpc) is 2.11. The van der Waals surface area contributed by atoms with Crippen LogP contribution >= 0.6 is 0 Å². The van der Waals surface area contributed by atoms with Crippen molar-refractivity contribution in [3.05, 3.63) is 29.1 Å². The van der Waals surface area contributed by atoms with E-state index in [1.807, 2.05) is 0 Å². The van der Waals surface area contributed by atoms with E-state index in [9.17, 15) is 9.18 Å². The highest BCUT2D eigenvalue weighted by atomic mass is 19.1. The van der Waals surface area contributed by atoms with Crippen molar-refractivity contribution < 1.29 is 19.0 Å². The minimum absolute atomic E-state index is 0.105. The van der Waals surface area contributed by atoms with Crippen molar-refractivity contribution in [1.29, 1.82) is 0 Å². The van der Waals surface area contributed by atoms with Crippen LogP contribution in [0, 0.1) is 12.7 Å². The molecule has 0 bridgehead atoms. The van der Waals surface area contributed by atoms with Crippen LogP contribution in [-0.2, 0) is 0 Å². The minimum Gasteiger partial charge on any atom is -0.490 e. The summed E-state index contributed by atoms with van der Waals surface area (Å²) in [6, 6.07) is 2.62. The fourth-order valence-corrected chi connectivity index (χ4v) is 1.21. The lowest BCUT2D eigenvalue weighted by Crippen LogP contribution is -2.07. The molecule has 1 N–H and O–H groups in total. The second kappa shape index (κ2) is 4.09. The lowest BCUT2D eigenvalue weighted by molar-refractivity contribution is 0.0690. The second-order valence-electron chi connectivity index (χ2n) is 2.81. The van der Waals surface area contributed by atoms with Gasteiger partial charge in [0, 0.05) is 0 Å². The van der Waals surface area contributed by atoms with E-state index in [0.717, 1.165) is 0 Å². The van der Waals surface area contributed by atoms with Crippen LogP contribution in [0.2, 0.25) is 0 Å². The summed E-state index contributed by atoms with van der Waals surface area (Å²) >= 11 is 0. The lowest BCUT2D eigenvalue weighted by Gasteiger charge is -2.10. The van der Waals surface area contributed by atoms with Gasteiger partial charge in [0.05, 0.1) is 6.61 Å². The van der Waals surface area contributed by atoms with Gasteiger partial charge in [-0.2, -0.15) is 0 Å². The van der Waals surface area contributed by atoms with Gasteiger partial charge in [0.15, 0.2) is 11.6 Å². The van der Waals surface area contributed by atoms with Crippen LogP contribution in [0.4, 0.5) is 4.39 Å². The normalized spacial score (nSPS) is 9.93. The molecule has 76 valence electrons. The van der Waals surface area contributed by atoms with Crippen LogP contribution in [0.15, 0.2) is 12.1 Å². The third kappa shape index (κ3) is 1.84. The molecular formula is C10H11FO3. The standard InChI is InChI=1S/C10H11FO3/c1-3-14-9-7(11)5-4-6(2)8(9)10(12)13/h4-5H,3H2,1-2H3,(H,12,13). The summed E-state index contributed by atoms with van der Waals surface area (Å²) in [6.07, 6.45) is 0. The summed E-state index contributed by atoms with van der Waals surface area (Å²) in [4.78, 5) is 10.8. The first-order valence-electron chi connectivity index (χ1n) is 4.23. The van der Waals surface area contributed by atoms with E-state index in [1.165, 1.54) is 12.1 Å². The van der Waals surface area contributed by atoms with E-state index in [0.29, 0.717) is 5.56 Å². The Labute approximate surface area is 81.1 Å². The number of halogens is 1. The molecular weight excluding hydrogens is 187 g/mol. The van der Waals surface area contributed by atoms with Gasteiger partial charge in [0.25, 0.3) is 0 Å². The van der Waals surface area contributed by atoms with E-state index in [2.05, 4.69) is 0 Å². The van der Waals surface area contributed by atoms with Crippen LogP contribution in [0.1, 0.15) is 22.8 Å². The molecule has 0 fully saturated rings. The average molecular weight is 198 g/mol. The maximum absolute atomic E-state index is 13.2. The minimum atomic E-state index is -1.18. The molecule has 0 saturated carbocycles. The summed E-state index contributed by atoms with van der Waals surface area (Å²) in [5.74, 6) is -2.00. The van der Waals surface area contributed by atoms with Gasteiger partial charge in [-0.25, -0.2) is 9.18 Å². The van der Waals surface area contributed by atoms with E-state index in [4.69, 9.17) is 9.84 Å². The van der Waals surface area contributed by atoms with Crippen LogP contribution in [0.3, 0.4) is 0 Å². The third-order valence-corrected chi connectivity index (χ3v) is 1.82. The number of aryl methyl sites for hydroxylation is 1. The largest absolute Gasteiger partial charge is 0.490 e. The molecule has 0 aliphatic rings. The Kier molecular flexibility index (Phi) is 3.06. The van der Waals surface area contributed by atoms with Crippen molar-refractivity contribution >= 4 is 5.97 Å². The highest BCUT2D eigenvalue weighted by Gasteiger charge is 2.18. The van der Waals surface area contributed by atoms with E-state index >= 15 is 0 Å². The second-order valence-corrected chi connectivity index (χ2v) is 2.81. The Balaban J connectivity index is 3.33. The zero-order valence-corrected chi connectivity index (χ0v) is 8.00. The van der Waals surface area contributed by atoms with Gasteiger partial charge < -0.3 is 9.84 Å². The molecule has 14 heavy (non-hydrogen) atoms. The van der Waals surface area contributed by atoms with Crippen LogP contribution in [0.5, 0.6) is 5.75 Å². The summed E-state index contributed by atoms with van der Waals surface area (Å²) < 4.78 is 18.1. The van der Waals surface area contributed by atoms with Crippen molar-refractivity contribution in [2.75, 3.05) is 6.61 Å². The van der Waals surface area contributed by atoms with Gasteiger partial charge in [-0.15, -0.1) is 0 Å². The first kappa shape index (κ1) is 10.5. The van der Waals surface area contributed by atoms with Gasteiger partial charge in [0.2, 0.25) is 0 Å². The number of carboxylic acids is 1. The van der Waals surface area contributed by atoms with Crippen molar-refractivity contribution in [1.82, 2.24) is 0 Å². The van der Waals surface area contributed by atoms with Crippen molar-refractivity contribution in [3.8, 4) is 5.75 Å². The molecule has 1 aromatic carbocycles. The predicted molar refractivity (Wildman–Crippen MR) is 49.3 cm³/mol. The number of hydrogen-bond acceptors (Lipinski definition) is 2. The maximum Gasteiger partial charge on any atom is 0.339 e. The molecule has 0 heterocycles. The Morgan fingerprint density at radius 2 is 2.21 bits per heavy atom. The topological polar surface area (TPSA) is 46.5 Å². The molecule has 1 rings (SSSR count). The highest BCUT2D eigenvalue weighted by Crippen LogP contribution is 2.25. The molecule has 0 atom stereocenters. The SMILES string of the molecule is CCOc1c(F)ccc(C)c1C(=O)O. The van der Waals surface area contributed by atoms with Gasteiger partial charge in [-0.1, -0.05) is 6.07 Å². The molecule has 0 aliphatic heterocycles. The maximum atomic E-state index is 13.2. The number of benzene rings is 1.